The summed E-state index contributed by atoms with van der Waals surface area (Å²) in [7, 11) is -2.90. The van der Waals surface area contributed by atoms with Crippen LogP contribution < -0.4 is 5.32 Å². The number of nitrogens with zero attached hydrogens (tertiary/aromatic N) is 1. The minimum atomic E-state index is -2.90. The molecular formula is C10H18N2O2S2. The molecule has 1 rings (SSSR count). The van der Waals surface area contributed by atoms with Gasteiger partial charge in [0.15, 0.2) is 0 Å². The molecular weight excluding hydrogens is 244 g/mol. The second kappa shape index (κ2) is 5.75. The summed E-state index contributed by atoms with van der Waals surface area (Å²) in [5.41, 5.74) is 2.79. The van der Waals surface area contributed by atoms with E-state index in [4.69, 9.17) is 0 Å². The number of thiazole rings is 1. The second-order valence-corrected chi connectivity index (χ2v) is 6.98. The van der Waals surface area contributed by atoms with E-state index in [1.54, 1.807) is 16.8 Å². The molecule has 1 heterocycles. The fourth-order valence-electron chi connectivity index (χ4n) is 1.55. The Balaban J connectivity index is 2.72. The lowest BCUT2D eigenvalue weighted by atomic mass is 10.1. The topological polar surface area (TPSA) is 59.1 Å². The summed E-state index contributed by atoms with van der Waals surface area (Å²) in [6.45, 7) is 4.80. The van der Waals surface area contributed by atoms with Crippen molar-refractivity contribution >= 4 is 21.2 Å². The molecule has 0 aromatic carbocycles. The zero-order valence-electron chi connectivity index (χ0n) is 9.86. The Hall–Kier alpha value is -0.460. The SMILES string of the molecule is CCNC(CCS(C)(=O)=O)c1scnc1C. The van der Waals surface area contributed by atoms with Crippen molar-refractivity contribution in [3.8, 4) is 0 Å². The van der Waals surface area contributed by atoms with E-state index in [0.29, 0.717) is 6.42 Å². The van der Waals surface area contributed by atoms with Crippen LogP contribution in [-0.2, 0) is 9.84 Å². The minimum Gasteiger partial charge on any atom is -0.309 e. The highest BCUT2D eigenvalue weighted by molar-refractivity contribution is 7.90. The van der Waals surface area contributed by atoms with E-state index < -0.39 is 9.84 Å². The van der Waals surface area contributed by atoms with Gasteiger partial charge in [-0.05, 0) is 19.9 Å². The van der Waals surface area contributed by atoms with Crippen molar-refractivity contribution in [2.75, 3.05) is 18.6 Å². The number of sulfone groups is 1. The molecule has 92 valence electrons. The molecule has 0 aliphatic rings. The fourth-order valence-corrected chi connectivity index (χ4v) is 3.13. The molecule has 0 spiro atoms. The van der Waals surface area contributed by atoms with E-state index in [9.17, 15) is 8.42 Å². The Morgan fingerprint density at radius 3 is 2.69 bits per heavy atom. The first-order valence-corrected chi connectivity index (χ1v) is 8.19. The molecule has 6 heteroatoms. The molecule has 0 saturated carbocycles. The van der Waals surface area contributed by atoms with Crippen LogP contribution in [-0.4, -0.2) is 32.0 Å². The summed E-state index contributed by atoms with van der Waals surface area (Å²) >= 11 is 1.58. The van der Waals surface area contributed by atoms with E-state index in [1.807, 2.05) is 13.8 Å². The van der Waals surface area contributed by atoms with Crippen molar-refractivity contribution in [3.63, 3.8) is 0 Å². The van der Waals surface area contributed by atoms with Gasteiger partial charge in [0.25, 0.3) is 0 Å². The summed E-state index contributed by atoms with van der Waals surface area (Å²) in [6.07, 6.45) is 1.88. The standard InChI is InChI=1S/C10H18N2O2S2/c1-4-11-9(5-6-16(3,13)14)10-8(2)12-7-15-10/h7,9,11H,4-6H2,1-3H3. The van der Waals surface area contributed by atoms with Crippen LogP contribution in [0.3, 0.4) is 0 Å². The average molecular weight is 262 g/mol. The number of hydrogen-bond donors (Lipinski definition) is 1. The largest absolute Gasteiger partial charge is 0.309 e. The van der Waals surface area contributed by atoms with Crippen LogP contribution >= 0.6 is 11.3 Å². The predicted molar refractivity (Wildman–Crippen MR) is 67.6 cm³/mol. The van der Waals surface area contributed by atoms with Crippen LogP contribution in [0, 0.1) is 6.92 Å². The van der Waals surface area contributed by atoms with E-state index in [2.05, 4.69) is 10.3 Å². The van der Waals surface area contributed by atoms with Gasteiger partial charge in [-0.25, -0.2) is 13.4 Å². The lowest BCUT2D eigenvalue weighted by molar-refractivity contribution is 0.534. The number of rotatable bonds is 6. The zero-order valence-corrected chi connectivity index (χ0v) is 11.5. The van der Waals surface area contributed by atoms with E-state index >= 15 is 0 Å². The summed E-state index contributed by atoms with van der Waals surface area (Å²) in [5.74, 6) is 0.210. The molecule has 0 fully saturated rings. The van der Waals surface area contributed by atoms with Gasteiger partial charge in [-0.1, -0.05) is 6.92 Å². The van der Waals surface area contributed by atoms with Crippen LogP contribution in [0.2, 0.25) is 0 Å². The van der Waals surface area contributed by atoms with Crippen molar-refractivity contribution in [2.45, 2.75) is 26.3 Å². The lowest BCUT2D eigenvalue weighted by Crippen LogP contribution is -2.23. The average Bonchev–Trinajstić information content (AvgIpc) is 2.57. The first-order chi connectivity index (χ1) is 7.44. The maximum atomic E-state index is 11.2. The lowest BCUT2D eigenvalue weighted by Gasteiger charge is -2.16. The van der Waals surface area contributed by atoms with Gasteiger partial charge in [-0.2, -0.15) is 0 Å². The minimum absolute atomic E-state index is 0.104. The van der Waals surface area contributed by atoms with Crippen molar-refractivity contribution < 1.29 is 8.42 Å². The molecule has 1 atom stereocenters. The monoisotopic (exact) mass is 262 g/mol. The third kappa shape index (κ3) is 4.19. The molecule has 1 aromatic heterocycles. The molecule has 0 amide bonds. The molecule has 0 bridgehead atoms. The summed E-state index contributed by atoms with van der Waals surface area (Å²) in [6, 6.07) is 0.104. The highest BCUT2D eigenvalue weighted by atomic mass is 32.2. The molecule has 1 N–H and O–H groups in total. The first kappa shape index (κ1) is 13.6. The third-order valence-electron chi connectivity index (χ3n) is 2.33. The molecule has 0 aliphatic heterocycles. The number of hydrogen-bond acceptors (Lipinski definition) is 5. The fraction of sp³-hybridized carbons (Fsp3) is 0.700. The van der Waals surface area contributed by atoms with E-state index in [1.165, 1.54) is 6.26 Å². The number of aryl methyl sites for hydroxylation is 1. The molecule has 0 aliphatic carbocycles. The van der Waals surface area contributed by atoms with Gasteiger partial charge in [0.2, 0.25) is 0 Å². The molecule has 1 unspecified atom stereocenters. The number of aromatic nitrogens is 1. The van der Waals surface area contributed by atoms with Crippen LogP contribution in [0.15, 0.2) is 5.51 Å². The van der Waals surface area contributed by atoms with Gasteiger partial charge >= 0.3 is 0 Å². The van der Waals surface area contributed by atoms with Crippen molar-refractivity contribution in [1.82, 2.24) is 10.3 Å². The van der Waals surface area contributed by atoms with Gasteiger partial charge in [-0.15, -0.1) is 11.3 Å². The van der Waals surface area contributed by atoms with Gasteiger partial charge in [0, 0.05) is 17.2 Å². The van der Waals surface area contributed by atoms with E-state index in [-0.39, 0.29) is 11.8 Å². The van der Waals surface area contributed by atoms with Crippen molar-refractivity contribution in [2.24, 2.45) is 0 Å². The highest BCUT2D eigenvalue weighted by Crippen LogP contribution is 2.24. The Morgan fingerprint density at radius 2 is 2.25 bits per heavy atom. The molecule has 0 saturated heterocycles. The third-order valence-corrected chi connectivity index (χ3v) is 4.35. The highest BCUT2D eigenvalue weighted by Gasteiger charge is 2.17. The van der Waals surface area contributed by atoms with Crippen LogP contribution in [0.1, 0.15) is 30.0 Å². The van der Waals surface area contributed by atoms with Gasteiger partial charge in [-0.3, -0.25) is 0 Å². The zero-order chi connectivity index (χ0) is 12.2. The Labute approximate surface area is 101 Å². The Morgan fingerprint density at radius 1 is 1.56 bits per heavy atom. The Kier molecular flexibility index (Phi) is 4.89. The predicted octanol–water partition coefficient (Wildman–Crippen LogP) is 1.54. The van der Waals surface area contributed by atoms with Gasteiger partial charge < -0.3 is 5.32 Å². The first-order valence-electron chi connectivity index (χ1n) is 5.25. The smallest absolute Gasteiger partial charge is 0.147 e. The maximum absolute atomic E-state index is 11.2. The molecule has 0 radical (unpaired) electrons. The quantitative estimate of drug-likeness (QED) is 0.845. The van der Waals surface area contributed by atoms with E-state index in [0.717, 1.165) is 17.1 Å². The van der Waals surface area contributed by atoms with Crippen LogP contribution in [0.25, 0.3) is 0 Å². The van der Waals surface area contributed by atoms with Gasteiger partial charge in [0.05, 0.1) is 17.0 Å². The normalized spacial score (nSPS) is 13.9. The Bertz CT molecular complexity index is 426. The van der Waals surface area contributed by atoms with Crippen molar-refractivity contribution in [1.29, 1.82) is 0 Å². The second-order valence-electron chi connectivity index (χ2n) is 3.83. The van der Waals surface area contributed by atoms with Crippen LogP contribution in [0.4, 0.5) is 0 Å². The summed E-state index contributed by atoms with van der Waals surface area (Å²) in [5, 5.41) is 3.30. The molecule has 4 nitrogen and oxygen atoms in total. The maximum Gasteiger partial charge on any atom is 0.147 e. The van der Waals surface area contributed by atoms with Crippen molar-refractivity contribution in [3.05, 3.63) is 16.1 Å². The van der Waals surface area contributed by atoms with Crippen LogP contribution in [0.5, 0.6) is 0 Å². The summed E-state index contributed by atoms with van der Waals surface area (Å²) < 4.78 is 22.3. The number of nitrogens with one attached hydrogen (secondary N) is 1. The molecule has 1 aromatic rings. The van der Waals surface area contributed by atoms with Gasteiger partial charge in [0.1, 0.15) is 9.84 Å². The molecule has 16 heavy (non-hydrogen) atoms. The summed E-state index contributed by atoms with van der Waals surface area (Å²) in [4.78, 5) is 5.34.